The number of rotatable bonds is 5. The van der Waals surface area contributed by atoms with Crippen molar-refractivity contribution in [1.82, 2.24) is 9.97 Å². The van der Waals surface area contributed by atoms with Gasteiger partial charge in [-0.25, -0.2) is 14.8 Å². The van der Waals surface area contributed by atoms with Gasteiger partial charge in [-0.2, -0.15) is 0 Å². The number of anilines is 1. The SMILES string of the molecule is CCCOc1cc(N2CC3CCCC3C2C(=O)O)ncn1. The van der Waals surface area contributed by atoms with Crippen LogP contribution in [0.3, 0.4) is 0 Å². The summed E-state index contributed by atoms with van der Waals surface area (Å²) >= 11 is 0. The van der Waals surface area contributed by atoms with Crippen LogP contribution in [-0.4, -0.2) is 40.2 Å². The van der Waals surface area contributed by atoms with Crippen molar-refractivity contribution in [3.05, 3.63) is 12.4 Å². The molecule has 1 aromatic heterocycles. The van der Waals surface area contributed by atoms with Crippen molar-refractivity contribution in [1.29, 1.82) is 0 Å². The average molecular weight is 291 g/mol. The standard InChI is InChI=1S/C15H21N3O3/c1-2-6-21-13-7-12(16-9-17-13)18-8-10-4-3-5-11(10)14(18)15(19)20/h7,9-11,14H,2-6,8H2,1H3,(H,19,20). The van der Waals surface area contributed by atoms with Crippen LogP contribution in [0.5, 0.6) is 5.88 Å². The van der Waals surface area contributed by atoms with Gasteiger partial charge in [0.2, 0.25) is 5.88 Å². The third-order valence-corrected chi connectivity index (χ3v) is 4.52. The minimum Gasteiger partial charge on any atom is -0.480 e. The topological polar surface area (TPSA) is 75.5 Å². The third-order valence-electron chi connectivity index (χ3n) is 4.52. The number of fused-ring (bicyclic) bond motifs is 1. The van der Waals surface area contributed by atoms with E-state index in [9.17, 15) is 9.90 Å². The van der Waals surface area contributed by atoms with Crippen molar-refractivity contribution in [3.63, 3.8) is 0 Å². The van der Waals surface area contributed by atoms with E-state index in [4.69, 9.17) is 4.74 Å². The Morgan fingerprint density at radius 3 is 3.10 bits per heavy atom. The molecule has 3 atom stereocenters. The van der Waals surface area contributed by atoms with Gasteiger partial charge < -0.3 is 14.7 Å². The molecule has 1 N–H and O–H groups in total. The number of hydrogen-bond acceptors (Lipinski definition) is 5. The summed E-state index contributed by atoms with van der Waals surface area (Å²) in [5.74, 6) is 1.15. The summed E-state index contributed by atoms with van der Waals surface area (Å²) in [4.78, 5) is 21.9. The van der Waals surface area contributed by atoms with Gasteiger partial charge in [0, 0.05) is 12.6 Å². The summed E-state index contributed by atoms with van der Waals surface area (Å²) in [7, 11) is 0. The molecule has 2 heterocycles. The van der Waals surface area contributed by atoms with Crippen molar-refractivity contribution < 1.29 is 14.6 Å². The van der Waals surface area contributed by atoms with E-state index in [2.05, 4.69) is 9.97 Å². The molecule has 0 radical (unpaired) electrons. The number of ether oxygens (including phenoxy) is 1. The lowest BCUT2D eigenvalue weighted by molar-refractivity contribution is -0.139. The van der Waals surface area contributed by atoms with E-state index in [1.54, 1.807) is 6.07 Å². The molecule has 0 bridgehead atoms. The summed E-state index contributed by atoms with van der Waals surface area (Å²) in [6, 6.07) is 1.29. The van der Waals surface area contributed by atoms with Crippen LogP contribution in [0.4, 0.5) is 5.82 Å². The fourth-order valence-electron chi connectivity index (χ4n) is 3.63. The second-order valence-corrected chi connectivity index (χ2v) is 5.85. The van der Waals surface area contributed by atoms with Crippen LogP contribution in [0.15, 0.2) is 12.4 Å². The minimum atomic E-state index is -0.751. The molecule has 21 heavy (non-hydrogen) atoms. The van der Waals surface area contributed by atoms with Gasteiger partial charge in [0.15, 0.2) is 0 Å². The van der Waals surface area contributed by atoms with E-state index in [-0.39, 0.29) is 5.92 Å². The molecule has 6 nitrogen and oxygen atoms in total. The molecule has 0 spiro atoms. The maximum absolute atomic E-state index is 11.7. The first-order chi connectivity index (χ1) is 10.2. The van der Waals surface area contributed by atoms with Crippen molar-refractivity contribution in [3.8, 4) is 5.88 Å². The van der Waals surface area contributed by atoms with E-state index in [0.29, 0.717) is 24.2 Å². The number of carbonyl (C=O) groups is 1. The van der Waals surface area contributed by atoms with Gasteiger partial charge >= 0.3 is 5.97 Å². The second-order valence-electron chi connectivity index (χ2n) is 5.85. The Morgan fingerprint density at radius 2 is 2.33 bits per heavy atom. The Bertz CT molecular complexity index is 523. The molecule has 2 fully saturated rings. The van der Waals surface area contributed by atoms with Crippen LogP contribution in [0.1, 0.15) is 32.6 Å². The molecule has 1 aliphatic heterocycles. The Balaban J connectivity index is 1.83. The third kappa shape index (κ3) is 2.66. The van der Waals surface area contributed by atoms with Gasteiger partial charge in [0.1, 0.15) is 18.2 Å². The Morgan fingerprint density at radius 1 is 1.48 bits per heavy atom. The largest absolute Gasteiger partial charge is 0.480 e. The van der Waals surface area contributed by atoms with Gasteiger partial charge in [0.25, 0.3) is 0 Å². The first-order valence-electron chi connectivity index (χ1n) is 7.65. The second kappa shape index (κ2) is 5.87. The quantitative estimate of drug-likeness (QED) is 0.893. The predicted molar refractivity (Wildman–Crippen MR) is 77.4 cm³/mol. The van der Waals surface area contributed by atoms with Gasteiger partial charge in [-0.05, 0) is 31.1 Å². The average Bonchev–Trinajstić information content (AvgIpc) is 3.05. The smallest absolute Gasteiger partial charge is 0.326 e. The highest BCUT2D eigenvalue weighted by Crippen LogP contribution is 2.43. The van der Waals surface area contributed by atoms with Crippen LogP contribution in [-0.2, 0) is 4.79 Å². The lowest BCUT2D eigenvalue weighted by Gasteiger charge is -2.25. The lowest BCUT2D eigenvalue weighted by Crippen LogP contribution is -2.40. The summed E-state index contributed by atoms with van der Waals surface area (Å²) in [5, 5.41) is 9.59. The maximum Gasteiger partial charge on any atom is 0.326 e. The monoisotopic (exact) mass is 291 g/mol. The fourth-order valence-corrected chi connectivity index (χ4v) is 3.63. The van der Waals surface area contributed by atoms with Crippen LogP contribution >= 0.6 is 0 Å². The highest BCUT2D eigenvalue weighted by Gasteiger charge is 2.48. The van der Waals surface area contributed by atoms with Crippen molar-refractivity contribution in [2.24, 2.45) is 11.8 Å². The number of carboxylic acid groups (broad SMARTS) is 1. The number of carboxylic acids is 1. The fraction of sp³-hybridized carbons (Fsp3) is 0.667. The van der Waals surface area contributed by atoms with E-state index < -0.39 is 12.0 Å². The summed E-state index contributed by atoms with van der Waals surface area (Å²) in [5.41, 5.74) is 0. The van der Waals surface area contributed by atoms with Crippen molar-refractivity contribution >= 4 is 11.8 Å². The first kappa shape index (κ1) is 14.1. The molecule has 3 rings (SSSR count). The predicted octanol–water partition coefficient (Wildman–Crippen LogP) is 1.95. The zero-order valence-corrected chi connectivity index (χ0v) is 12.2. The number of hydrogen-bond donors (Lipinski definition) is 1. The van der Waals surface area contributed by atoms with E-state index >= 15 is 0 Å². The molecule has 1 saturated heterocycles. The summed E-state index contributed by atoms with van der Waals surface area (Å²) < 4.78 is 5.52. The number of aromatic nitrogens is 2. The van der Waals surface area contributed by atoms with E-state index in [1.165, 1.54) is 6.33 Å². The van der Waals surface area contributed by atoms with Gasteiger partial charge in [-0.1, -0.05) is 13.3 Å². The van der Waals surface area contributed by atoms with Crippen LogP contribution in [0, 0.1) is 11.8 Å². The highest BCUT2D eigenvalue weighted by molar-refractivity contribution is 5.79. The van der Waals surface area contributed by atoms with Gasteiger partial charge in [-0.15, -0.1) is 0 Å². The lowest BCUT2D eigenvalue weighted by atomic mass is 9.94. The highest BCUT2D eigenvalue weighted by atomic mass is 16.5. The zero-order chi connectivity index (χ0) is 14.8. The summed E-state index contributed by atoms with van der Waals surface area (Å²) in [6.07, 6.45) is 5.62. The van der Waals surface area contributed by atoms with E-state index in [0.717, 1.165) is 32.2 Å². The number of aliphatic carboxylic acids is 1. The molecule has 6 heteroatoms. The molecular formula is C15H21N3O3. The molecule has 1 saturated carbocycles. The van der Waals surface area contributed by atoms with Crippen LogP contribution < -0.4 is 9.64 Å². The minimum absolute atomic E-state index is 0.248. The molecule has 0 aromatic carbocycles. The normalized spacial score (nSPS) is 27.7. The van der Waals surface area contributed by atoms with E-state index in [1.807, 2.05) is 11.8 Å². The molecule has 0 amide bonds. The molecule has 1 aliphatic carbocycles. The Kier molecular flexibility index (Phi) is 3.94. The van der Waals surface area contributed by atoms with Gasteiger partial charge in [-0.3, -0.25) is 0 Å². The number of nitrogens with zero attached hydrogens (tertiary/aromatic N) is 3. The molecule has 2 aliphatic rings. The Hall–Kier alpha value is -1.85. The molecule has 1 aromatic rings. The molecular weight excluding hydrogens is 270 g/mol. The first-order valence-corrected chi connectivity index (χ1v) is 7.65. The molecule has 114 valence electrons. The summed E-state index contributed by atoms with van der Waals surface area (Å²) in [6.45, 7) is 3.40. The zero-order valence-electron chi connectivity index (χ0n) is 12.2. The van der Waals surface area contributed by atoms with Crippen LogP contribution in [0.2, 0.25) is 0 Å². The Labute approximate surface area is 124 Å². The maximum atomic E-state index is 11.7. The van der Waals surface area contributed by atoms with Gasteiger partial charge in [0.05, 0.1) is 6.61 Å². The van der Waals surface area contributed by atoms with Crippen molar-refractivity contribution in [2.75, 3.05) is 18.1 Å². The van der Waals surface area contributed by atoms with Crippen LogP contribution in [0.25, 0.3) is 0 Å². The molecule has 3 unspecified atom stereocenters. The van der Waals surface area contributed by atoms with Crippen molar-refractivity contribution in [2.45, 2.75) is 38.6 Å².